The molecule has 0 spiro atoms. The lowest BCUT2D eigenvalue weighted by Gasteiger charge is -2.08. The molecule has 2 nitrogen and oxygen atoms in total. The molecule has 150 valence electrons. The molecule has 0 radical (unpaired) electrons. The largest absolute Gasteiger partial charge is 0.361 e. The quantitative estimate of drug-likeness (QED) is 0.206. The smallest absolute Gasteiger partial charge is 0.198 e. The van der Waals surface area contributed by atoms with Crippen LogP contribution in [0.15, 0.2) is 4.79 Å². The fourth-order valence-corrected chi connectivity index (χ4v) is 4.14. The van der Waals surface area contributed by atoms with Crippen molar-refractivity contribution in [3.63, 3.8) is 0 Å². The summed E-state index contributed by atoms with van der Waals surface area (Å²) in [6.45, 7) is 6.29. The Kier molecular flexibility index (Phi) is 13.4. The zero-order chi connectivity index (χ0) is 19.2. The van der Waals surface area contributed by atoms with Gasteiger partial charge in [-0.05, 0) is 49.3 Å². The Balaban J connectivity index is 1.99. The molecule has 0 saturated carbocycles. The zero-order valence-electron chi connectivity index (χ0n) is 17.4. The topological polar surface area (TPSA) is 32.9 Å². The van der Waals surface area contributed by atoms with E-state index in [4.69, 9.17) is 0 Å². The monoisotopic (exact) mass is 473 g/mol. The van der Waals surface area contributed by atoms with Crippen LogP contribution in [0.5, 0.6) is 0 Å². The Morgan fingerprint density at radius 2 is 1.12 bits per heavy atom. The molecule has 0 aliphatic rings. The van der Waals surface area contributed by atoms with E-state index >= 15 is 0 Å². The van der Waals surface area contributed by atoms with Crippen LogP contribution in [0.1, 0.15) is 114 Å². The van der Waals surface area contributed by atoms with Crippen molar-refractivity contribution >= 4 is 22.6 Å². The Bertz CT molecular complexity index is 550. The molecule has 1 aromatic heterocycles. The number of hydrogen-bond acceptors (Lipinski definition) is 1. The third-order valence-corrected chi connectivity index (χ3v) is 6.71. The van der Waals surface area contributed by atoms with Gasteiger partial charge in [0.25, 0.3) is 0 Å². The van der Waals surface area contributed by atoms with Gasteiger partial charge in [0.2, 0.25) is 0 Å². The molecule has 1 rings (SSSR count). The lowest BCUT2D eigenvalue weighted by molar-refractivity contribution is 0.535. The van der Waals surface area contributed by atoms with Gasteiger partial charge in [0, 0.05) is 17.0 Å². The van der Waals surface area contributed by atoms with Crippen molar-refractivity contribution in [2.24, 2.45) is 0 Å². The van der Waals surface area contributed by atoms with Crippen LogP contribution in [0.2, 0.25) is 0 Å². The van der Waals surface area contributed by atoms with Crippen LogP contribution < -0.4 is 5.43 Å². The van der Waals surface area contributed by atoms with Gasteiger partial charge in [-0.1, -0.05) is 90.4 Å². The van der Waals surface area contributed by atoms with Crippen LogP contribution in [0.25, 0.3) is 0 Å². The summed E-state index contributed by atoms with van der Waals surface area (Å²) in [4.78, 5) is 15.7. The average molecular weight is 473 g/mol. The van der Waals surface area contributed by atoms with E-state index in [9.17, 15) is 4.79 Å². The Labute approximate surface area is 175 Å². The summed E-state index contributed by atoms with van der Waals surface area (Å²) in [6.07, 6.45) is 20.2. The highest BCUT2D eigenvalue weighted by atomic mass is 127. The average Bonchev–Trinajstić information content (AvgIpc) is 2.62. The SMILES string of the molecule is CCCCCCCCCCCCCCCCc1c(C)[nH]c(C)c(I)c1=O. The van der Waals surface area contributed by atoms with Gasteiger partial charge in [-0.15, -0.1) is 0 Å². The van der Waals surface area contributed by atoms with E-state index in [1.165, 1.54) is 83.5 Å². The van der Waals surface area contributed by atoms with Gasteiger partial charge in [-0.2, -0.15) is 0 Å². The number of aromatic amines is 1. The first kappa shape index (κ1) is 23.7. The standard InChI is InChI=1S/C23H40INO/c1-4-5-6-7-8-9-10-11-12-13-14-15-16-17-18-21-19(2)25-20(3)22(24)23(21)26/h4-18H2,1-3H3,(H,25,26). The molecule has 1 N–H and O–H groups in total. The number of aromatic nitrogens is 1. The summed E-state index contributed by atoms with van der Waals surface area (Å²) >= 11 is 2.17. The van der Waals surface area contributed by atoms with Gasteiger partial charge in [0.15, 0.2) is 5.43 Å². The molecule has 3 heteroatoms. The summed E-state index contributed by atoms with van der Waals surface area (Å²) < 4.78 is 0.855. The van der Waals surface area contributed by atoms with Crippen LogP contribution in [0.3, 0.4) is 0 Å². The van der Waals surface area contributed by atoms with E-state index < -0.39 is 0 Å². The van der Waals surface area contributed by atoms with E-state index in [2.05, 4.69) is 34.5 Å². The molecule has 0 unspecified atom stereocenters. The number of rotatable bonds is 15. The second-order valence-electron chi connectivity index (χ2n) is 7.84. The molecule has 0 saturated heterocycles. The number of unbranched alkanes of at least 4 members (excludes halogenated alkanes) is 13. The van der Waals surface area contributed by atoms with Crippen molar-refractivity contribution < 1.29 is 0 Å². The molecule has 0 aliphatic heterocycles. The Hall–Kier alpha value is -0.320. The molecule has 1 heterocycles. The first-order valence-electron chi connectivity index (χ1n) is 11.0. The highest BCUT2D eigenvalue weighted by Crippen LogP contribution is 2.15. The third kappa shape index (κ3) is 9.57. The molecule has 0 amide bonds. The maximum atomic E-state index is 12.3. The van der Waals surface area contributed by atoms with E-state index in [-0.39, 0.29) is 5.43 Å². The van der Waals surface area contributed by atoms with Crippen LogP contribution in [0.4, 0.5) is 0 Å². The van der Waals surface area contributed by atoms with Crippen molar-refractivity contribution in [2.45, 2.75) is 117 Å². The maximum Gasteiger partial charge on any atom is 0.198 e. The normalized spacial score (nSPS) is 11.2. The molecule has 26 heavy (non-hydrogen) atoms. The van der Waals surface area contributed by atoms with Gasteiger partial charge in [-0.25, -0.2) is 0 Å². The van der Waals surface area contributed by atoms with Gasteiger partial charge in [-0.3, -0.25) is 4.79 Å². The van der Waals surface area contributed by atoms with Crippen LogP contribution >= 0.6 is 22.6 Å². The fourth-order valence-electron chi connectivity index (χ4n) is 3.68. The first-order chi connectivity index (χ1) is 12.6. The molecule has 0 aliphatic carbocycles. The predicted octanol–water partition coefficient (Wildman–Crippen LogP) is 7.62. The third-order valence-electron chi connectivity index (χ3n) is 5.41. The maximum absolute atomic E-state index is 12.3. The van der Waals surface area contributed by atoms with Gasteiger partial charge in [0.05, 0.1) is 3.57 Å². The molecular formula is C23H40INO. The minimum atomic E-state index is 0.244. The Morgan fingerprint density at radius 3 is 1.58 bits per heavy atom. The molecule has 0 fully saturated rings. The van der Waals surface area contributed by atoms with Crippen molar-refractivity contribution in [3.8, 4) is 0 Å². The number of hydrogen-bond donors (Lipinski definition) is 1. The molecule has 0 aromatic carbocycles. The molecule has 0 atom stereocenters. The van der Waals surface area contributed by atoms with E-state index in [1.807, 2.05) is 13.8 Å². The summed E-state index contributed by atoms with van der Waals surface area (Å²) in [5.41, 5.74) is 3.30. The number of nitrogens with one attached hydrogen (secondary N) is 1. The number of aryl methyl sites for hydroxylation is 2. The number of pyridine rings is 1. The molecule has 0 bridgehead atoms. The van der Waals surface area contributed by atoms with Crippen molar-refractivity contribution in [1.82, 2.24) is 4.98 Å². The van der Waals surface area contributed by atoms with Crippen LogP contribution in [-0.4, -0.2) is 4.98 Å². The van der Waals surface area contributed by atoms with Crippen LogP contribution in [0, 0.1) is 17.4 Å². The zero-order valence-corrected chi connectivity index (χ0v) is 19.6. The van der Waals surface area contributed by atoms with Crippen LogP contribution in [-0.2, 0) is 6.42 Å². The number of H-pyrrole nitrogens is 1. The highest BCUT2D eigenvalue weighted by molar-refractivity contribution is 14.1. The second-order valence-corrected chi connectivity index (χ2v) is 8.92. The van der Waals surface area contributed by atoms with Gasteiger partial charge >= 0.3 is 0 Å². The minimum absolute atomic E-state index is 0.244. The van der Waals surface area contributed by atoms with Crippen molar-refractivity contribution in [2.75, 3.05) is 0 Å². The van der Waals surface area contributed by atoms with Crippen molar-refractivity contribution in [1.29, 1.82) is 0 Å². The number of halogens is 1. The minimum Gasteiger partial charge on any atom is -0.361 e. The molecular weight excluding hydrogens is 433 g/mol. The summed E-state index contributed by atoms with van der Waals surface area (Å²) in [5.74, 6) is 0. The lowest BCUT2D eigenvalue weighted by atomic mass is 10.0. The molecule has 1 aromatic rings. The summed E-state index contributed by atoms with van der Waals surface area (Å²) in [7, 11) is 0. The van der Waals surface area contributed by atoms with Gasteiger partial charge in [0.1, 0.15) is 0 Å². The predicted molar refractivity (Wildman–Crippen MR) is 123 cm³/mol. The Morgan fingerprint density at radius 1 is 0.692 bits per heavy atom. The summed E-state index contributed by atoms with van der Waals surface area (Å²) in [6, 6.07) is 0. The summed E-state index contributed by atoms with van der Waals surface area (Å²) in [5, 5.41) is 0. The van der Waals surface area contributed by atoms with E-state index in [0.29, 0.717) is 0 Å². The highest BCUT2D eigenvalue weighted by Gasteiger charge is 2.09. The second kappa shape index (κ2) is 14.7. The van der Waals surface area contributed by atoms with Crippen molar-refractivity contribution in [3.05, 3.63) is 30.7 Å². The first-order valence-corrected chi connectivity index (χ1v) is 12.0. The van der Waals surface area contributed by atoms with E-state index in [1.54, 1.807) is 0 Å². The van der Waals surface area contributed by atoms with Gasteiger partial charge < -0.3 is 4.98 Å². The fraction of sp³-hybridized carbons (Fsp3) is 0.783. The lowest BCUT2D eigenvalue weighted by Crippen LogP contribution is -2.17. The van der Waals surface area contributed by atoms with E-state index in [0.717, 1.165) is 33.4 Å².